The lowest BCUT2D eigenvalue weighted by Crippen LogP contribution is -2.29. The lowest BCUT2D eigenvalue weighted by atomic mass is 10.1. The van der Waals surface area contributed by atoms with Gasteiger partial charge in [-0.25, -0.2) is 14.8 Å². The number of rotatable bonds is 10. The number of aromatic nitrogens is 2. The van der Waals surface area contributed by atoms with Crippen LogP contribution in [0.3, 0.4) is 0 Å². The Morgan fingerprint density at radius 1 is 1.14 bits per heavy atom. The third-order valence-corrected chi connectivity index (χ3v) is 5.90. The first-order valence-corrected chi connectivity index (χ1v) is 12.1. The predicted octanol–water partition coefficient (Wildman–Crippen LogP) is 2.32. The minimum absolute atomic E-state index is 0.0482. The van der Waals surface area contributed by atoms with Crippen LogP contribution in [0.2, 0.25) is 0 Å². The maximum Gasteiger partial charge on any atom is 0.415 e. The van der Waals surface area contributed by atoms with Gasteiger partial charge in [0.2, 0.25) is 5.88 Å². The number of fused-ring (bicyclic) bond motifs is 1. The van der Waals surface area contributed by atoms with Crippen molar-refractivity contribution < 1.29 is 23.8 Å². The van der Waals surface area contributed by atoms with Crippen molar-refractivity contribution in [2.45, 2.75) is 19.1 Å². The topological polar surface area (TPSA) is 141 Å². The highest BCUT2D eigenvalue weighted by atomic mass is 16.6. The van der Waals surface area contributed by atoms with Gasteiger partial charge >= 0.3 is 6.09 Å². The maximum atomic E-state index is 12.4. The Bertz CT molecular complexity index is 1290. The smallest absolute Gasteiger partial charge is 0.415 e. The van der Waals surface area contributed by atoms with Gasteiger partial charge in [-0.1, -0.05) is 24.3 Å². The number of nitrogens with zero attached hydrogens (tertiary/aromatic N) is 3. The summed E-state index contributed by atoms with van der Waals surface area (Å²) >= 11 is 0. The fourth-order valence-electron chi connectivity index (χ4n) is 4.12. The number of nitrogens with one attached hydrogen (secondary N) is 2. The van der Waals surface area contributed by atoms with Gasteiger partial charge in [0.15, 0.2) is 18.2 Å². The molecule has 0 unspecified atom stereocenters. The van der Waals surface area contributed by atoms with Crippen molar-refractivity contribution in [1.82, 2.24) is 15.3 Å². The van der Waals surface area contributed by atoms with E-state index in [1.807, 2.05) is 36.4 Å². The number of carbonyl (C=O) groups excluding carboxylic acids is 2. The normalized spacial score (nSPS) is 16.6. The van der Waals surface area contributed by atoms with E-state index in [-0.39, 0.29) is 18.6 Å². The third-order valence-electron chi connectivity index (χ3n) is 5.90. The van der Waals surface area contributed by atoms with Crippen molar-refractivity contribution >= 4 is 23.6 Å². The van der Waals surface area contributed by atoms with Crippen LogP contribution >= 0.6 is 0 Å². The summed E-state index contributed by atoms with van der Waals surface area (Å²) in [5.41, 5.74) is 8.44. The van der Waals surface area contributed by atoms with Crippen molar-refractivity contribution in [2.75, 3.05) is 43.1 Å². The summed E-state index contributed by atoms with van der Waals surface area (Å²) in [6, 6.07) is 17.2. The Kier molecular flexibility index (Phi) is 7.43. The molecule has 2 aromatic heterocycles. The molecule has 4 N–H and O–H groups in total. The van der Waals surface area contributed by atoms with Crippen LogP contribution in [-0.2, 0) is 16.1 Å². The van der Waals surface area contributed by atoms with E-state index >= 15 is 0 Å². The van der Waals surface area contributed by atoms with Crippen LogP contribution < -0.4 is 30.7 Å². The number of hydrogen-bond donors (Lipinski definition) is 3. The van der Waals surface area contributed by atoms with E-state index in [2.05, 4.69) is 26.7 Å². The molecule has 5 rings (SSSR count). The molecule has 37 heavy (non-hydrogen) atoms. The zero-order valence-corrected chi connectivity index (χ0v) is 20.2. The second kappa shape index (κ2) is 11.2. The molecule has 1 aromatic carbocycles. The Hall–Kier alpha value is -4.22. The summed E-state index contributed by atoms with van der Waals surface area (Å²) in [4.78, 5) is 34.4. The fourth-order valence-corrected chi connectivity index (χ4v) is 4.12. The van der Waals surface area contributed by atoms with Gasteiger partial charge in [-0.15, -0.1) is 0 Å². The quantitative estimate of drug-likeness (QED) is 0.355. The van der Waals surface area contributed by atoms with Crippen molar-refractivity contribution in [1.29, 1.82) is 0 Å². The average Bonchev–Trinajstić information content (AvgIpc) is 3.30. The van der Waals surface area contributed by atoms with Gasteiger partial charge in [-0.05, 0) is 42.8 Å². The van der Waals surface area contributed by atoms with E-state index in [0.29, 0.717) is 62.5 Å². The largest absolute Gasteiger partial charge is 0.480 e. The van der Waals surface area contributed by atoms with Crippen molar-refractivity contribution in [3.05, 3.63) is 60.2 Å². The molecule has 0 bridgehead atoms. The molecule has 11 heteroatoms. The zero-order valence-electron chi connectivity index (χ0n) is 20.2. The molecule has 11 nitrogen and oxygen atoms in total. The minimum Gasteiger partial charge on any atom is -0.480 e. The van der Waals surface area contributed by atoms with E-state index in [9.17, 15) is 9.59 Å². The van der Waals surface area contributed by atoms with E-state index in [0.717, 1.165) is 16.8 Å². The summed E-state index contributed by atoms with van der Waals surface area (Å²) in [5, 5.41) is 6.07. The number of ether oxygens (including phenoxy) is 3. The summed E-state index contributed by atoms with van der Waals surface area (Å²) in [5.74, 6) is 1.46. The highest BCUT2D eigenvalue weighted by molar-refractivity contribution is 5.95. The molecule has 0 radical (unpaired) electrons. The van der Waals surface area contributed by atoms with Crippen LogP contribution in [0.5, 0.6) is 11.6 Å². The Labute approximate surface area is 213 Å². The molecule has 1 atom stereocenters. The number of anilines is 2. The van der Waals surface area contributed by atoms with Gasteiger partial charge in [-0.2, -0.15) is 0 Å². The van der Waals surface area contributed by atoms with E-state index in [1.165, 1.54) is 4.90 Å². The number of carbonyl (C=O) groups is 2. The highest BCUT2D eigenvalue weighted by Crippen LogP contribution is 2.30. The predicted molar refractivity (Wildman–Crippen MR) is 137 cm³/mol. The summed E-state index contributed by atoms with van der Waals surface area (Å²) in [6.07, 6.45) is -0.0803. The van der Waals surface area contributed by atoms with Crippen LogP contribution in [0, 0.1) is 0 Å². The molecule has 1 fully saturated rings. The summed E-state index contributed by atoms with van der Waals surface area (Å²) in [6.45, 7) is 2.51. The van der Waals surface area contributed by atoms with Crippen molar-refractivity contribution in [3.63, 3.8) is 0 Å². The van der Waals surface area contributed by atoms with Gasteiger partial charge in [0, 0.05) is 24.7 Å². The van der Waals surface area contributed by atoms with Crippen LogP contribution in [0.15, 0.2) is 54.6 Å². The van der Waals surface area contributed by atoms with Gasteiger partial charge in [0.25, 0.3) is 5.91 Å². The Morgan fingerprint density at radius 3 is 2.92 bits per heavy atom. The number of cyclic esters (lactones) is 1. The monoisotopic (exact) mass is 504 g/mol. The minimum atomic E-state index is -0.460. The van der Waals surface area contributed by atoms with Gasteiger partial charge < -0.3 is 30.6 Å². The lowest BCUT2D eigenvalue weighted by Gasteiger charge is -2.19. The number of benzene rings is 1. The maximum absolute atomic E-state index is 12.4. The number of amides is 2. The molecule has 1 saturated heterocycles. The Balaban J connectivity index is 1.12. The summed E-state index contributed by atoms with van der Waals surface area (Å²) in [7, 11) is 0. The second-order valence-corrected chi connectivity index (χ2v) is 8.63. The first-order chi connectivity index (χ1) is 18.1. The standard InChI is InChI=1S/C26H28N6O5/c27-10-12-35-24-6-2-5-20(29-24)18-4-1-3-17(13-18)14-28-11-9-19-15-32(26(34)37-19)22-8-7-21-25(30-22)31-23(33)16-36-21/h1-8,13,19,28H,9-12,14-16,27H2,(H,30,31,33)/t19-/m0/s1. The van der Waals surface area contributed by atoms with Gasteiger partial charge in [0.1, 0.15) is 18.5 Å². The van der Waals surface area contributed by atoms with Crippen LogP contribution in [-0.4, -0.2) is 60.9 Å². The molecule has 0 spiro atoms. The van der Waals surface area contributed by atoms with Gasteiger partial charge in [-0.3, -0.25) is 9.69 Å². The van der Waals surface area contributed by atoms with E-state index < -0.39 is 6.09 Å². The number of hydrogen-bond acceptors (Lipinski definition) is 9. The zero-order chi connectivity index (χ0) is 25.6. The van der Waals surface area contributed by atoms with Crippen LogP contribution in [0.4, 0.5) is 16.4 Å². The SMILES string of the molecule is NCCOc1cccc(-c2cccc(CNCC[C@H]3CN(c4ccc5c(n4)NC(=O)CO5)C(=O)O3)c2)n1. The highest BCUT2D eigenvalue weighted by Gasteiger charge is 2.33. The molecule has 0 saturated carbocycles. The first kappa shape index (κ1) is 24.5. The number of nitrogens with two attached hydrogens (primary N) is 1. The average molecular weight is 505 g/mol. The fraction of sp³-hybridized carbons (Fsp3) is 0.308. The first-order valence-electron chi connectivity index (χ1n) is 12.1. The second-order valence-electron chi connectivity index (χ2n) is 8.63. The molecule has 0 aliphatic carbocycles. The summed E-state index contributed by atoms with van der Waals surface area (Å²) < 4.78 is 16.4. The molecule has 4 heterocycles. The lowest BCUT2D eigenvalue weighted by molar-refractivity contribution is -0.118. The van der Waals surface area contributed by atoms with Crippen molar-refractivity contribution in [2.24, 2.45) is 5.73 Å². The van der Waals surface area contributed by atoms with E-state index in [4.69, 9.17) is 19.9 Å². The molecule has 192 valence electrons. The number of pyridine rings is 2. The molecular formula is C26H28N6O5. The Morgan fingerprint density at radius 2 is 2.03 bits per heavy atom. The van der Waals surface area contributed by atoms with Crippen molar-refractivity contribution in [3.8, 4) is 22.9 Å². The van der Waals surface area contributed by atoms with Crippen LogP contribution in [0.1, 0.15) is 12.0 Å². The van der Waals surface area contributed by atoms with Crippen LogP contribution in [0.25, 0.3) is 11.3 Å². The molecular weight excluding hydrogens is 476 g/mol. The molecule has 3 aromatic rings. The van der Waals surface area contributed by atoms with Gasteiger partial charge in [0.05, 0.1) is 12.2 Å². The molecule has 2 amide bonds. The molecule has 2 aliphatic rings. The third kappa shape index (κ3) is 5.96. The van der Waals surface area contributed by atoms with E-state index in [1.54, 1.807) is 12.1 Å². The molecule has 2 aliphatic heterocycles.